The minimum Gasteiger partial charge on any atom is -0.268 e. The van der Waals surface area contributed by atoms with E-state index in [-0.39, 0.29) is 11.5 Å². The summed E-state index contributed by atoms with van der Waals surface area (Å²) in [6.07, 6.45) is 0. The molecule has 3 heteroatoms. The fourth-order valence-corrected chi connectivity index (χ4v) is 3.69. The van der Waals surface area contributed by atoms with Crippen LogP contribution < -0.4 is 5.56 Å². The standard InChI is InChI=1S/C22H13NO2/c24-21-17-12-6-4-10-15(17)19(14-8-2-1-3-9-14)20-16-11-5-7-13-18(16)22(25)23(20)21/h1-13H. The van der Waals surface area contributed by atoms with Gasteiger partial charge in [-0.15, -0.1) is 0 Å². The van der Waals surface area contributed by atoms with Crippen LogP contribution in [0.3, 0.4) is 0 Å². The molecule has 0 aliphatic carbocycles. The molecule has 3 aromatic carbocycles. The van der Waals surface area contributed by atoms with Gasteiger partial charge in [0.1, 0.15) is 0 Å². The third-order valence-electron chi connectivity index (χ3n) is 4.77. The lowest BCUT2D eigenvalue weighted by molar-refractivity contribution is 0.0966. The minimum absolute atomic E-state index is 0.251. The van der Waals surface area contributed by atoms with Gasteiger partial charge in [-0.25, -0.2) is 4.57 Å². The molecule has 0 amide bonds. The first-order valence-electron chi connectivity index (χ1n) is 8.14. The lowest BCUT2D eigenvalue weighted by Crippen LogP contribution is -2.25. The van der Waals surface area contributed by atoms with Gasteiger partial charge in [-0.1, -0.05) is 66.7 Å². The zero-order chi connectivity index (χ0) is 17.0. The maximum atomic E-state index is 13.0. The van der Waals surface area contributed by atoms with Crippen molar-refractivity contribution in [1.29, 1.82) is 0 Å². The minimum atomic E-state index is -0.258. The maximum Gasteiger partial charge on any atom is 0.266 e. The van der Waals surface area contributed by atoms with E-state index in [9.17, 15) is 9.59 Å². The lowest BCUT2D eigenvalue weighted by atomic mass is 9.94. The number of carbonyl (C=O) groups is 1. The van der Waals surface area contributed by atoms with Crippen molar-refractivity contribution in [2.24, 2.45) is 0 Å². The number of pyridine rings is 1. The number of hydrogen-bond acceptors (Lipinski definition) is 2. The molecule has 0 atom stereocenters. The molecular weight excluding hydrogens is 310 g/mol. The van der Waals surface area contributed by atoms with E-state index in [4.69, 9.17) is 0 Å². The number of hydrogen-bond donors (Lipinski definition) is 0. The Labute approximate surface area is 143 Å². The predicted molar refractivity (Wildman–Crippen MR) is 98.8 cm³/mol. The van der Waals surface area contributed by atoms with E-state index in [1.165, 1.54) is 4.57 Å². The first-order chi connectivity index (χ1) is 12.3. The van der Waals surface area contributed by atoms with Crippen LogP contribution in [0.5, 0.6) is 0 Å². The number of rotatable bonds is 1. The Morgan fingerprint density at radius 3 is 1.96 bits per heavy atom. The van der Waals surface area contributed by atoms with E-state index in [0.29, 0.717) is 16.6 Å². The smallest absolute Gasteiger partial charge is 0.266 e. The van der Waals surface area contributed by atoms with Crippen LogP contribution >= 0.6 is 0 Å². The molecule has 0 N–H and O–H groups in total. The molecule has 0 bridgehead atoms. The molecule has 1 aliphatic rings. The molecule has 0 fully saturated rings. The zero-order valence-corrected chi connectivity index (χ0v) is 13.3. The Kier molecular flexibility index (Phi) is 2.80. The Bertz CT molecular complexity index is 1220. The second-order valence-electron chi connectivity index (χ2n) is 6.13. The molecule has 0 spiro atoms. The molecule has 1 aromatic heterocycles. The van der Waals surface area contributed by atoms with Gasteiger partial charge in [0.25, 0.3) is 11.5 Å². The summed E-state index contributed by atoms with van der Waals surface area (Å²) in [5, 5.41) is 1.43. The third-order valence-corrected chi connectivity index (χ3v) is 4.77. The van der Waals surface area contributed by atoms with E-state index >= 15 is 0 Å². The third kappa shape index (κ3) is 1.81. The summed E-state index contributed by atoms with van der Waals surface area (Å²) in [4.78, 5) is 25.9. The highest BCUT2D eigenvalue weighted by Gasteiger charge is 2.31. The Balaban J connectivity index is 2.06. The zero-order valence-electron chi connectivity index (χ0n) is 13.3. The van der Waals surface area contributed by atoms with Crippen LogP contribution in [0.15, 0.2) is 83.7 Å². The lowest BCUT2D eigenvalue weighted by Gasteiger charge is -2.14. The molecule has 4 aromatic rings. The number of benzene rings is 3. The van der Waals surface area contributed by atoms with Crippen molar-refractivity contribution in [2.75, 3.05) is 0 Å². The van der Waals surface area contributed by atoms with Gasteiger partial charge in [-0.2, -0.15) is 0 Å². The van der Waals surface area contributed by atoms with Crippen LogP contribution in [0.1, 0.15) is 10.4 Å². The summed E-state index contributed by atoms with van der Waals surface area (Å²) in [5.41, 5.74) is 3.74. The van der Waals surface area contributed by atoms with Crippen molar-refractivity contribution in [1.82, 2.24) is 4.57 Å². The first-order valence-corrected chi connectivity index (χ1v) is 8.14. The van der Waals surface area contributed by atoms with Crippen LogP contribution in [0, 0.1) is 0 Å². The van der Waals surface area contributed by atoms with Crippen molar-refractivity contribution < 1.29 is 4.79 Å². The monoisotopic (exact) mass is 323 g/mol. The molecule has 0 saturated heterocycles. The summed E-state index contributed by atoms with van der Waals surface area (Å²) < 4.78 is 1.33. The van der Waals surface area contributed by atoms with Gasteiger partial charge in [-0.3, -0.25) is 9.59 Å². The average molecular weight is 323 g/mol. The Hall–Kier alpha value is -3.46. The maximum absolute atomic E-state index is 13.0. The molecule has 25 heavy (non-hydrogen) atoms. The largest absolute Gasteiger partial charge is 0.268 e. The fourth-order valence-electron chi connectivity index (χ4n) is 3.69. The summed E-state index contributed by atoms with van der Waals surface area (Å²) >= 11 is 0. The van der Waals surface area contributed by atoms with Gasteiger partial charge in [0.2, 0.25) is 0 Å². The number of fused-ring (bicyclic) bond motifs is 4. The van der Waals surface area contributed by atoms with Crippen molar-refractivity contribution >= 4 is 16.7 Å². The van der Waals surface area contributed by atoms with Gasteiger partial charge in [-0.05, 0) is 23.1 Å². The SMILES string of the molecule is O=C1c2ccccc2-c2c(-c3ccccc3)c3ccccc3c(=O)n21. The molecule has 5 rings (SSSR count). The predicted octanol–water partition coefficient (Wildman–Crippen LogP) is 4.34. The van der Waals surface area contributed by atoms with Crippen molar-refractivity contribution in [3.63, 3.8) is 0 Å². The van der Waals surface area contributed by atoms with E-state index in [1.807, 2.05) is 66.7 Å². The highest BCUT2D eigenvalue weighted by Crippen LogP contribution is 2.41. The van der Waals surface area contributed by atoms with Crippen molar-refractivity contribution in [3.8, 4) is 22.4 Å². The van der Waals surface area contributed by atoms with E-state index in [2.05, 4.69) is 0 Å². The van der Waals surface area contributed by atoms with E-state index in [1.54, 1.807) is 12.1 Å². The van der Waals surface area contributed by atoms with E-state index < -0.39 is 0 Å². The quantitative estimate of drug-likeness (QED) is 0.460. The van der Waals surface area contributed by atoms with Gasteiger partial charge >= 0.3 is 0 Å². The second kappa shape index (κ2) is 5.02. The van der Waals surface area contributed by atoms with Gasteiger partial charge in [0.15, 0.2) is 0 Å². The van der Waals surface area contributed by atoms with Crippen LogP contribution in [0.25, 0.3) is 33.2 Å². The molecule has 1 aliphatic heterocycles. The number of nitrogens with zero attached hydrogens (tertiary/aromatic N) is 1. The molecular formula is C22H13NO2. The Morgan fingerprint density at radius 2 is 1.20 bits per heavy atom. The fraction of sp³-hybridized carbons (Fsp3) is 0. The van der Waals surface area contributed by atoms with Crippen LogP contribution in [-0.4, -0.2) is 10.5 Å². The average Bonchev–Trinajstić information content (AvgIpc) is 2.96. The molecule has 2 heterocycles. The van der Waals surface area contributed by atoms with Crippen LogP contribution in [0.2, 0.25) is 0 Å². The van der Waals surface area contributed by atoms with Crippen molar-refractivity contribution in [2.45, 2.75) is 0 Å². The summed E-state index contributed by atoms with van der Waals surface area (Å²) in [5.74, 6) is -0.251. The molecule has 118 valence electrons. The molecule has 0 saturated carbocycles. The van der Waals surface area contributed by atoms with Crippen LogP contribution in [-0.2, 0) is 0 Å². The van der Waals surface area contributed by atoms with Gasteiger partial charge < -0.3 is 0 Å². The number of aromatic nitrogens is 1. The van der Waals surface area contributed by atoms with Gasteiger partial charge in [0, 0.05) is 22.1 Å². The molecule has 0 unspecified atom stereocenters. The molecule has 3 nitrogen and oxygen atoms in total. The highest BCUT2D eigenvalue weighted by atomic mass is 16.2. The topological polar surface area (TPSA) is 39.1 Å². The summed E-state index contributed by atoms with van der Waals surface area (Å²) in [7, 11) is 0. The van der Waals surface area contributed by atoms with Gasteiger partial charge in [0.05, 0.1) is 5.69 Å². The first kappa shape index (κ1) is 13.9. The van der Waals surface area contributed by atoms with Crippen molar-refractivity contribution in [3.05, 3.63) is 94.8 Å². The normalized spacial score (nSPS) is 12.2. The number of carbonyl (C=O) groups excluding carboxylic acids is 1. The molecule has 0 radical (unpaired) electrons. The summed E-state index contributed by atoms with van der Waals surface area (Å²) in [6.45, 7) is 0. The van der Waals surface area contributed by atoms with E-state index in [0.717, 1.165) is 22.1 Å². The summed E-state index contributed by atoms with van der Waals surface area (Å²) in [6, 6.07) is 24.8. The second-order valence-corrected chi connectivity index (χ2v) is 6.13. The highest BCUT2D eigenvalue weighted by molar-refractivity contribution is 6.15. The van der Waals surface area contributed by atoms with Crippen LogP contribution in [0.4, 0.5) is 0 Å². The Morgan fingerprint density at radius 1 is 0.600 bits per heavy atom.